The number of ether oxygens (including phenoxy) is 2. The first-order chi connectivity index (χ1) is 11.2. The van der Waals surface area contributed by atoms with Crippen molar-refractivity contribution in [1.82, 2.24) is 0 Å². The fraction of sp³-hybridized carbons (Fsp3) is 0.684. The summed E-state index contributed by atoms with van der Waals surface area (Å²) in [4.78, 5) is 0. The van der Waals surface area contributed by atoms with E-state index in [0.717, 1.165) is 30.3 Å². The molecule has 0 bridgehead atoms. The predicted molar refractivity (Wildman–Crippen MR) is 96.1 cm³/mol. The van der Waals surface area contributed by atoms with Crippen molar-refractivity contribution in [2.24, 2.45) is 11.7 Å². The van der Waals surface area contributed by atoms with Gasteiger partial charge in [0, 0.05) is 31.5 Å². The first kappa shape index (κ1) is 18.1. The van der Waals surface area contributed by atoms with Gasteiger partial charge in [0.15, 0.2) is 0 Å². The zero-order chi connectivity index (χ0) is 16.5. The molecule has 0 heterocycles. The summed E-state index contributed by atoms with van der Waals surface area (Å²) in [5.41, 5.74) is 7.46. The van der Waals surface area contributed by atoms with Crippen molar-refractivity contribution in [3.8, 4) is 5.75 Å². The number of hydrogen-bond donors (Lipinski definition) is 2. The molecule has 1 aliphatic rings. The molecular formula is C19H32N2O2. The van der Waals surface area contributed by atoms with E-state index in [0.29, 0.717) is 6.61 Å². The molecular weight excluding hydrogens is 288 g/mol. The highest BCUT2D eigenvalue weighted by Gasteiger charge is 2.22. The minimum absolute atomic E-state index is 0.0349. The molecule has 23 heavy (non-hydrogen) atoms. The van der Waals surface area contributed by atoms with Crippen LogP contribution in [0.15, 0.2) is 24.3 Å². The molecule has 3 N–H and O–H groups in total. The molecule has 0 aromatic heterocycles. The summed E-state index contributed by atoms with van der Waals surface area (Å²) in [6.45, 7) is 3.39. The Hall–Kier alpha value is -1.26. The SMILES string of the molecule is CCOc1cccc(NCC(OC)[C@H](N)CC2CCCCC2)c1. The van der Waals surface area contributed by atoms with Crippen LogP contribution in [0.25, 0.3) is 0 Å². The maximum atomic E-state index is 6.41. The Bertz CT molecular complexity index is 447. The lowest BCUT2D eigenvalue weighted by Gasteiger charge is -2.29. The van der Waals surface area contributed by atoms with E-state index < -0.39 is 0 Å². The molecule has 1 aromatic carbocycles. The molecule has 0 amide bonds. The monoisotopic (exact) mass is 320 g/mol. The number of hydrogen-bond acceptors (Lipinski definition) is 4. The third-order valence-corrected chi connectivity index (χ3v) is 4.76. The number of methoxy groups -OCH3 is 1. The molecule has 2 rings (SSSR count). The van der Waals surface area contributed by atoms with Crippen LogP contribution in [0.5, 0.6) is 5.75 Å². The van der Waals surface area contributed by atoms with Crippen molar-refractivity contribution in [3.05, 3.63) is 24.3 Å². The van der Waals surface area contributed by atoms with Crippen molar-refractivity contribution in [2.45, 2.75) is 57.6 Å². The highest BCUT2D eigenvalue weighted by molar-refractivity contribution is 5.48. The van der Waals surface area contributed by atoms with Gasteiger partial charge >= 0.3 is 0 Å². The van der Waals surface area contributed by atoms with Crippen LogP contribution >= 0.6 is 0 Å². The van der Waals surface area contributed by atoms with E-state index >= 15 is 0 Å². The lowest BCUT2D eigenvalue weighted by atomic mass is 9.84. The van der Waals surface area contributed by atoms with Gasteiger partial charge in [0.05, 0.1) is 12.7 Å². The summed E-state index contributed by atoms with van der Waals surface area (Å²) < 4.78 is 11.2. The Kier molecular flexibility index (Phi) is 7.69. The summed E-state index contributed by atoms with van der Waals surface area (Å²) in [5, 5.41) is 3.43. The average Bonchev–Trinajstić information content (AvgIpc) is 2.57. The number of anilines is 1. The van der Waals surface area contributed by atoms with Crippen LogP contribution in [0, 0.1) is 5.92 Å². The zero-order valence-corrected chi connectivity index (χ0v) is 14.6. The number of nitrogens with one attached hydrogen (secondary N) is 1. The Morgan fingerprint density at radius 3 is 2.74 bits per heavy atom. The van der Waals surface area contributed by atoms with Gasteiger partial charge in [-0.3, -0.25) is 0 Å². The Labute approximate surface area is 140 Å². The largest absolute Gasteiger partial charge is 0.494 e. The van der Waals surface area contributed by atoms with Gasteiger partial charge in [-0.2, -0.15) is 0 Å². The molecule has 0 saturated heterocycles. The average molecular weight is 320 g/mol. The highest BCUT2D eigenvalue weighted by atomic mass is 16.5. The van der Waals surface area contributed by atoms with Crippen molar-refractivity contribution in [2.75, 3.05) is 25.6 Å². The number of benzene rings is 1. The third-order valence-electron chi connectivity index (χ3n) is 4.76. The van der Waals surface area contributed by atoms with Crippen LogP contribution in [0.2, 0.25) is 0 Å². The van der Waals surface area contributed by atoms with Crippen LogP contribution in [-0.2, 0) is 4.74 Å². The second-order valence-corrected chi connectivity index (χ2v) is 6.52. The molecule has 4 heteroatoms. The van der Waals surface area contributed by atoms with E-state index in [2.05, 4.69) is 5.32 Å². The maximum Gasteiger partial charge on any atom is 0.121 e. The van der Waals surface area contributed by atoms with Crippen molar-refractivity contribution in [1.29, 1.82) is 0 Å². The Morgan fingerprint density at radius 1 is 1.26 bits per heavy atom. The quantitative estimate of drug-likeness (QED) is 0.726. The molecule has 0 aliphatic heterocycles. The predicted octanol–water partition coefficient (Wildman–Crippen LogP) is 3.81. The van der Waals surface area contributed by atoms with Gasteiger partial charge in [0.25, 0.3) is 0 Å². The lowest BCUT2D eigenvalue weighted by molar-refractivity contribution is 0.0797. The van der Waals surface area contributed by atoms with Crippen molar-refractivity contribution in [3.63, 3.8) is 0 Å². The van der Waals surface area contributed by atoms with Crippen molar-refractivity contribution < 1.29 is 9.47 Å². The summed E-state index contributed by atoms with van der Waals surface area (Å²) in [5.74, 6) is 1.66. The first-order valence-electron chi connectivity index (χ1n) is 8.98. The summed E-state index contributed by atoms with van der Waals surface area (Å²) in [7, 11) is 1.75. The molecule has 1 fully saturated rings. The zero-order valence-electron chi connectivity index (χ0n) is 14.6. The van der Waals surface area contributed by atoms with Gasteiger partial charge in [0.1, 0.15) is 5.75 Å². The van der Waals surface area contributed by atoms with Gasteiger partial charge < -0.3 is 20.5 Å². The van der Waals surface area contributed by atoms with E-state index in [-0.39, 0.29) is 12.1 Å². The number of rotatable bonds is 9. The first-order valence-corrected chi connectivity index (χ1v) is 8.98. The topological polar surface area (TPSA) is 56.5 Å². The highest BCUT2D eigenvalue weighted by Crippen LogP contribution is 2.28. The molecule has 2 atom stereocenters. The van der Waals surface area contributed by atoms with E-state index in [4.69, 9.17) is 15.2 Å². The van der Waals surface area contributed by atoms with E-state index in [1.165, 1.54) is 32.1 Å². The summed E-state index contributed by atoms with van der Waals surface area (Å²) in [6, 6.07) is 8.12. The summed E-state index contributed by atoms with van der Waals surface area (Å²) in [6.07, 6.45) is 7.86. The molecule has 0 spiro atoms. The second kappa shape index (κ2) is 9.78. The normalized spacial score (nSPS) is 18.4. The lowest BCUT2D eigenvalue weighted by Crippen LogP contribution is -2.42. The van der Waals surface area contributed by atoms with Crippen LogP contribution in [0.4, 0.5) is 5.69 Å². The minimum Gasteiger partial charge on any atom is -0.494 e. The summed E-state index contributed by atoms with van der Waals surface area (Å²) >= 11 is 0. The van der Waals surface area contributed by atoms with Crippen molar-refractivity contribution >= 4 is 5.69 Å². The van der Waals surface area contributed by atoms with Crippen LogP contribution < -0.4 is 15.8 Å². The molecule has 1 unspecified atom stereocenters. The van der Waals surface area contributed by atoms with Gasteiger partial charge in [-0.25, -0.2) is 0 Å². The Balaban J connectivity index is 1.82. The third kappa shape index (κ3) is 6.04. The molecule has 4 nitrogen and oxygen atoms in total. The Morgan fingerprint density at radius 2 is 2.04 bits per heavy atom. The smallest absolute Gasteiger partial charge is 0.121 e. The van der Waals surface area contributed by atoms with Gasteiger partial charge in [-0.05, 0) is 31.4 Å². The van der Waals surface area contributed by atoms with Gasteiger partial charge in [0.2, 0.25) is 0 Å². The van der Waals surface area contributed by atoms with Crippen LogP contribution in [-0.4, -0.2) is 32.4 Å². The molecule has 0 radical (unpaired) electrons. The second-order valence-electron chi connectivity index (χ2n) is 6.52. The van der Waals surface area contributed by atoms with E-state index in [9.17, 15) is 0 Å². The maximum absolute atomic E-state index is 6.41. The standard InChI is InChI=1S/C19H32N2O2/c1-3-23-17-11-7-10-16(13-17)21-14-19(22-2)18(20)12-15-8-5-4-6-9-15/h7,10-11,13,15,18-19,21H,3-6,8-9,12,14,20H2,1-2H3/t18-,19?/m1/s1. The minimum atomic E-state index is 0.0349. The van der Waals surface area contributed by atoms with Gasteiger partial charge in [-0.1, -0.05) is 38.2 Å². The number of nitrogens with two attached hydrogens (primary N) is 1. The van der Waals surface area contributed by atoms with E-state index in [1.54, 1.807) is 7.11 Å². The molecule has 1 aliphatic carbocycles. The van der Waals surface area contributed by atoms with Crippen LogP contribution in [0.3, 0.4) is 0 Å². The van der Waals surface area contributed by atoms with E-state index in [1.807, 2.05) is 31.2 Å². The fourth-order valence-corrected chi connectivity index (χ4v) is 3.45. The molecule has 1 saturated carbocycles. The fourth-order valence-electron chi connectivity index (χ4n) is 3.45. The molecule has 130 valence electrons. The van der Waals surface area contributed by atoms with Gasteiger partial charge in [-0.15, -0.1) is 0 Å². The van der Waals surface area contributed by atoms with Crippen LogP contribution in [0.1, 0.15) is 45.4 Å². The molecule has 1 aromatic rings.